The van der Waals surface area contributed by atoms with Crippen molar-refractivity contribution in [3.63, 3.8) is 0 Å². The maximum atomic E-state index is 11.9. The molecule has 0 saturated carbocycles. The monoisotopic (exact) mass is 197 g/mol. The van der Waals surface area contributed by atoms with Gasteiger partial charge in [-0.1, -0.05) is 6.92 Å². The van der Waals surface area contributed by atoms with E-state index in [1.807, 2.05) is 11.8 Å². The third-order valence-electron chi connectivity index (χ3n) is 3.18. The molecule has 0 aliphatic carbocycles. The second-order valence-electron chi connectivity index (χ2n) is 4.31. The molecule has 2 rings (SSSR count). The van der Waals surface area contributed by atoms with E-state index in [1.54, 1.807) is 0 Å². The molecular formula is C10H19N3O. The highest BCUT2D eigenvalue weighted by molar-refractivity contribution is 5.84. The minimum atomic E-state index is 0.0888. The van der Waals surface area contributed by atoms with Crippen molar-refractivity contribution in [2.45, 2.75) is 25.4 Å². The Balaban J connectivity index is 1.87. The number of likely N-dealkylation sites (tertiary alicyclic amines) is 2. The van der Waals surface area contributed by atoms with Gasteiger partial charge in [0.15, 0.2) is 0 Å². The lowest BCUT2D eigenvalue weighted by atomic mass is 10.1. The first-order valence-corrected chi connectivity index (χ1v) is 5.44. The molecule has 4 nitrogen and oxygen atoms in total. The first-order valence-electron chi connectivity index (χ1n) is 5.44. The fraction of sp³-hybridized carbons (Fsp3) is 0.900. The van der Waals surface area contributed by atoms with Gasteiger partial charge in [0.05, 0.1) is 12.1 Å². The van der Waals surface area contributed by atoms with Crippen molar-refractivity contribution in [3.8, 4) is 0 Å². The van der Waals surface area contributed by atoms with Gasteiger partial charge in [0.25, 0.3) is 0 Å². The first kappa shape index (κ1) is 9.93. The molecule has 0 aromatic rings. The average molecular weight is 197 g/mol. The standard InChI is InChI=1S/C10H19N3O/c1-3-11-9-4-5-13(10(9)14)8-6-12(2)7-8/h8-9,11H,3-7H2,1-2H3. The quantitative estimate of drug-likeness (QED) is 0.663. The molecule has 2 fully saturated rings. The predicted octanol–water partition coefficient (Wildman–Crippen LogP) is -0.489. The zero-order valence-electron chi connectivity index (χ0n) is 8.99. The van der Waals surface area contributed by atoms with Gasteiger partial charge < -0.3 is 15.1 Å². The summed E-state index contributed by atoms with van der Waals surface area (Å²) in [5.74, 6) is 0.310. The molecule has 0 aromatic carbocycles. The zero-order valence-corrected chi connectivity index (χ0v) is 8.99. The summed E-state index contributed by atoms with van der Waals surface area (Å²) in [5.41, 5.74) is 0. The molecule has 4 heteroatoms. The number of hydrogen-bond acceptors (Lipinski definition) is 3. The van der Waals surface area contributed by atoms with Crippen LogP contribution in [0.4, 0.5) is 0 Å². The molecule has 1 amide bonds. The van der Waals surface area contributed by atoms with E-state index in [4.69, 9.17) is 0 Å². The van der Waals surface area contributed by atoms with Crippen molar-refractivity contribution < 1.29 is 4.79 Å². The fourth-order valence-corrected chi connectivity index (χ4v) is 2.36. The van der Waals surface area contributed by atoms with Gasteiger partial charge in [0.2, 0.25) is 5.91 Å². The van der Waals surface area contributed by atoms with Gasteiger partial charge in [-0.15, -0.1) is 0 Å². The van der Waals surface area contributed by atoms with Crippen LogP contribution in [0.1, 0.15) is 13.3 Å². The van der Waals surface area contributed by atoms with Crippen molar-refractivity contribution in [2.24, 2.45) is 0 Å². The summed E-state index contributed by atoms with van der Waals surface area (Å²) < 4.78 is 0. The Labute approximate surface area is 85.2 Å². The molecule has 14 heavy (non-hydrogen) atoms. The highest BCUT2D eigenvalue weighted by Crippen LogP contribution is 2.20. The van der Waals surface area contributed by atoms with E-state index in [0.29, 0.717) is 11.9 Å². The van der Waals surface area contributed by atoms with Gasteiger partial charge in [-0.3, -0.25) is 4.79 Å². The summed E-state index contributed by atoms with van der Waals surface area (Å²) in [6.07, 6.45) is 0.979. The molecule has 2 aliphatic rings. The van der Waals surface area contributed by atoms with Crippen LogP contribution in [0, 0.1) is 0 Å². The molecule has 2 aliphatic heterocycles. The van der Waals surface area contributed by atoms with Crippen LogP contribution in [0.2, 0.25) is 0 Å². The zero-order chi connectivity index (χ0) is 10.1. The second kappa shape index (κ2) is 3.87. The van der Waals surface area contributed by atoms with E-state index in [-0.39, 0.29) is 6.04 Å². The van der Waals surface area contributed by atoms with Gasteiger partial charge in [-0.25, -0.2) is 0 Å². The van der Waals surface area contributed by atoms with E-state index in [2.05, 4.69) is 17.3 Å². The highest BCUT2D eigenvalue weighted by Gasteiger charge is 2.39. The SMILES string of the molecule is CCNC1CCN(C2CN(C)C2)C1=O. The maximum Gasteiger partial charge on any atom is 0.240 e. The molecule has 1 N–H and O–H groups in total. The minimum absolute atomic E-state index is 0.0888. The van der Waals surface area contributed by atoms with Crippen molar-refractivity contribution in [1.29, 1.82) is 0 Å². The van der Waals surface area contributed by atoms with Gasteiger partial charge in [-0.2, -0.15) is 0 Å². The number of nitrogens with one attached hydrogen (secondary N) is 1. The number of carbonyl (C=O) groups is 1. The largest absolute Gasteiger partial charge is 0.336 e. The van der Waals surface area contributed by atoms with Gasteiger partial charge >= 0.3 is 0 Å². The van der Waals surface area contributed by atoms with Crippen LogP contribution in [0.15, 0.2) is 0 Å². The van der Waals surface area contributed by atoms with Crippen molar-refractivity contribution >= 4 is 5.91 Å². The maximum absolute atomic E-state index is 11.9. The molecular weight excluding hydrogens is 178 g/mol. The van der Waals surface area contributed by atoms with E-state index in [1.165, 1.54) is 0 Å². The van der Waals surface area contributed by atoms with E-state index in [9.17, 15) is 4.79 Å². The fourth-order valence-electron chi connectivity index (χ4n) is 2.36. The number of likely N-dealkylation sites (N-methyl/N-ethyl adjacent to an activating group) is 2. The third kappa shape index (κ3) is 1.64. The molecule has 1 unspecified atom stereocenters. The number of amides is 1. The molecule has 0 bridgehead atoms. The van der Waals surface area contributed by atoms with E-state index < -0.39 is 0 Å². The Bertz CT molecular complexity index is 225. The number of rotatable bonds is 3. The Morgan fingerprint density at radius 1 is 1.50 bits per heavy atom. The summed E-state index contributed by atoms with van der Waals surface area (Å²) >= 11 is 0. The van der Waals surface area contributed by atoms with E-state index in [0.717, 1.165) is 32.6 Å². The van der Waals surface area contributed by atoms with Crippen LogP contribution in [0.3, 0.4) is 0 Å². The molecule has 0 radical (unpaired) electrons. The lowest BCUT2D eigenvalue weighted by Crippen LogP contribution is -2.59. The number of nitrogens with zero attached hydrogens (tertiary/aromatic N) is 2. The summed E-state index contributed by atoms with van der Waals surface area (Å²) in [6, 6.07) is 0.571. The van der Waals surface area contributed by atoms with Crippen LogP contribution in [-0.4, -0.2) is 61.0 Å². The van der Waals surface area contributed by atoms with Crippen LogP contribution in [0.25, 0.3) is 0 Å². The number of hydrogen-bond donors (Lipinski definition) is 1. The van der Waals surface area contributed by atoms with Crippen LogP contribution in [-0.2, 0) is 4.79 Å². The van der Waals surface area contributed by atoms with Gasteiger partial charge in [-0.05, 0) is 20.0 Å². The summed E-state index contributed by atoms with van der Waals surface area (Å²) in [4.78, 5) is 16.2. The van der Waals surface area contributed by atoms with Crippen LogP contribution in [0.5, 0.6) is 0 Å². The third-order valence-corrected chi connectivity index (χ3v) is 3.18. The minimum Gasteiger partial charge on any atom is -0.336 e. The molecule has 0 aromatic heterocycles. The number of carbonyl (C=O) groups excluding carboxylic acids is 1. The normalized spacial score (nSPS) is 29.7. The smallest absolute Gasteiger partial charge is 0.240 e. The molecule has 80 valence electrons. The van der Waals surface area contributed by atoms with Crippen molar-refractivity contribution in [2.75, 3.05) is 33.2 Å². The Morgan fingerprint density at radius 3 is 2.79 bits per heavy atom. The lowest BCUT2D eigenvalue weighted by Gasteiger charge is -2.42. The van der Waals surface area contributed by atoms with Crippen LogP contribution >= 0.6 is 0 Å². The average Bonchev–Trinajstić information content (AvgIpc) is 2.44. The first-order chi connectivity index (χ1) is 6.72. The summed E-state index contributed by atoms with van der Waals surface area (Å²) in [5, 5.41) is 3.23. The second-order valence-corrected chi connectivity index (χ2v) is 4.31. The summed E-state index contributed by atoms with van der Waals surface area (Å²) in [6.45, 7) is 5.96. The highest BCUT2D eigenvalue weighted by atomic mass is 16.2. The molecule has 2 heterocycles. The van der Waals surface area contributed by atoms with Crippen LogP contribution < -0.4 is 5.32 Å². The van der Waals surface area contributed by atoms with Gasteiger partial charge in [0, 0.05) is 19.6 Å². The molecule has 0 spiro atoms. The topological polar surface area (TPSA) is 35.6 Å². The Hall–Kier alpha value is -0.610. The van der Waals surface area contributed by atoms with Crippen molar-refractivity contribution in [3.05, 3.63) is 0 Å². The molecule has 1 atom stereocenters. The lowest BCUT2D eigenvalue weighted by molar-refractivity contribution is -0.134. The predicted molar refractivity (Wildman–Crippen MR) is 55.1 cm³/mol. The Kier molecular flexibility index (Phi) is 2.74. The Morgan fingerprint density at radius 2 is 2.21 bits per heavy atom. The van der Waals surface area contributed by atoms with E-state index >= 15 is 0 Å². The van der Waals surface area contributed by atoms with Crippen molar-refractivity contribution in [1.82, 2.24) is 15.1 Å². The summed E-state index contributed by atoms with van der Waals surface area (Å²) in [7, 11) is 2.10. The van der Waals surface area contributed by atoms with Gasteiger partial charge in [0.1, 0.15) is 0 Å². The molecule has 2 saturated heterocycles.